The number of benzene rings is 2. The van der Waals surface area contributed by atoms with Crippen molar-refractivity contribution in [3.05, 3.63) is 68.2 Å². The minimum Gasteiger partial charge on any atom is -0.481 e. The predicted octanol–water partition coefficient (Wildman–Crippen LogP) is 5.26. The van der Waals surface area contributed by atoms with Gasteiger partial charge in [0.25, 0.3) is 5.69 Å². The van der Waals surface area contributed by atoms with Crippen molar-refractivity contribution in [2.24, 2.45) is 0 Å². The summed E-state index contributed by atoms with van der Waals surface area (Å²) in [6.07, 6.45) is 1.85. The summed E-state index contributed by atoms with van der Waals surface area (Å²) >= 11 is 7.62. The van der Waals surface area contributed by atoms with Gasteiger partial charge in [0.15, 0.2) is 0 Å². The third kappa shape index (κ3) is 4.07. The highest BCUT2D eigenvalue weighted by atomic mass is 35.5. The molecule has 1 heterocycles. The number of non-ortho nitro benzene ring substituents is 1. The maximum absolute atomic E-state index is 11.0. The van der Waals surface area contributed by atoms with Crippen molar-refractivity contribution in [2.45, 2.75) is 12.8 Å². The van der Waals surface area contributed by atoms with Crippen LogP contribution in [0.4, 0.5) is 5.69 Å². The molecular weight excluding hydrogens is 376 g/mol. The van der Waals surface area contributed by atoms with Gasteiger partial charge in [0.2, 0.25) is 0 Å². The Morgan fingerprint density at radius 1 is 1.27 bits per heavy atom. The summed E-state index contributed by atoms with van der Waals surface area (Å²) in [5.41, 5.74) is 1.87. The number of hydrogen-bond acceptors (Lipinski definition) is 5. The van der Waals surface area contributed by atoms with Crippen molar-refractivity contribution in [3.8, 4) is 0 Å². The first-order valence-electron chi connectivity index (χ1n) is 7.66. The molecule has 1 aromatic heterocycles. The van der Waals surface area contributed by atoms with Gasteiger partial charge in [-0.3, -0.25) is 14.9 Å². The third-order valence-corrected chi connectivity index (χ3v) is 5.15. The number of carboxylic acid groups (broad SMARTS) is 1. The first-order valence-corrected chi connectivity index (χ1v) is 8.86. The number of aliphatic carboxylic acids is 1. The van der Waals surface area contributed by atoms with E-state index in [-0.39, 0.29) is 18.5 Å². The van der Waals surface area contributed by atoms with E-state index in [1.165, 1.54) is 29.5 Å². The van der Waals surface area contributed by atoms with Crippen LogP contribution < -0.4 is 0 Å². The van der Waals surface area contributed by atoms with Gasteiger partial charge in [-0.2, -0.15) is 0 Å². The maximum Gasteiger partial charge on any atom is 0.303 e. The number of hydrogen-bond donors (Lipinski definition) is 1. The van der Waals surface area contributed by atoms with E-state index >= 15 is 0 Å². The first-order chi connectivity index (χ1) is 12.4. The lowest BCUT2D eigenvalue weighted by Gasteiger charge is -2.05. The Morgan fingerprint density at radius 3 is 2.73 bits per heavy atom. The Hall–Kier alpha value is -2.77. The fraction of sp³-hybridized carbons (Fsp3) is 0.111. The average Bonchev–Trinajstić information content (AvgIpc) is 3.03. The molecular formula is C18H13ClN2O4S. The van der Waals surface area contributed by atoms with Crippen molar-refractivity contribution in [3.63, 3.8) is 0 Å². The van der Waals surface area contributed by atoms with Crippen LogP contribution in [0.25, 0.3) is 21.9 Å². The van der Waals surface area contributed by atoms with Crippen molar-refractivity contribution in [2.75, 3.05) is 0 Å². The summed E-state index contributed by atoms with van der Waals surface area (Å²) in [6, 6.07) is 11.8. The molecule has 0 amide bonds. The fourth-order valence-electron chi connectivity index (χ4n) is 2.44. The van der Waals surface area contributed by atoms with Crippen LogP contribution in [-0.2, 0) is 4.79 Å². The van der Waals surface area contributed by atoms with Gasteiger partial charge in [0.05, 0.1) is 15.1 Å². The monoisotopic (exact) mass is 388 g/mol. The lowest BCUT2D eigenvalue weighted by Crippen LogP contribution is -1.96. The first kappa shape index (κ1) is 18.0. The Kier molecular flexibility index (Phi) is 5.29. The van der Waals surface area contributed by atoms with Crippen molar-refractivity contribution >= 4 is 56.5 Å². The number of para-hydroxylation sites is 1. The Balaban J connectivity index is 2.08. The van der Waals surface area contributed by atoms with Crippen molar-refractivity contribution < 1.29 is 14.8 Å². The van der Waals surface area contributed by atoms with Crippen LogP contribution in [0.2, 0.25) is 5.02 Å². The number of carbonyl (C=O) groups is 1. The van der Waals surface area contributed by atoms with Gasteiger partial charge in [-0.25, -0.2) is 4.98 Å². The summed E-state index contributed by atoms with van der Waals surface area (Å²) in [5, 5.41) is 21.1. The molecule has 8 heteroatoms. The molecule has 0 aliphatic rings. The van der Waals surface area contributed by atoms with E-state index in [1.807, 2.05) is 24.3 Å². The fourth-order valence-corrected chi connectivity index (χ4v) is 3.62. The predicted molar refractivity (Wildman–Crippen MR) is 102 cm³/mol. The lowest BCUT2D eigenvalue weighted by molar-refractivity contribution is -0.384. The van der Waals surface area contributed by atoms with Gasteiger partial charge in [0.1, 0.15) is 5.01 Å². The Morgan fingerprint density at radius 2 is 2.04 bits per heavy atom. The van der Waals surface area contributed by atoms with Gasteiger partial charge in [-0.05, 0) is 36.3 Å². The number of aromatic nitrogens is 1. The zero-order chi connectivity index (χ0) is 18.7. The maximum atomic E-state index is 11.0. The molecule has 3 aromatic rings. The molecule has 6 nitrogen and oxygen atoms in total. The van der Waals surface area contributed by atoms with E-state index in [4.69, 9.17) is 16.7 Å². The average molecular weight is 389 g/mol. The molecule has 0 spiro atoms. The van der Waals surface area contributed by atoms with E-state index in [9.17, 15) is 14.9 Å². The molecule has 1 N–H and O–H groups in total. The molecule has 0 aliphatic heterocycles. The molecule has 2 aromatic carbocycles. The number of thiazole rings is 1. The Labute approximate surface area is 157 Å². The normalized spacial score (nSPS) is 11.7. The lowest BCUT2D eigenvalue weighted by atomic mass is 10.1. The van der Waals surface area contributed by atoms with Crippen LogP contribution in [0.3, 0.4) is 0 Å². The van der Waals surface area contributed by atoms with Gasteiger partial charge >= 0.3 is 5.97 Å². The summed E-state index contributed by atoms with van der Waals surface area (Å²) in [4.78, 5) is 26.1. The molecule has 0 aliphatic carbocycles. The van der Waals surface area contributed by atoms with Gasteiger partial charge in [-0.1, -0.05) is 23.7 Å². The molecule has 0 fully saturated rings. The number of rotatable bonds is 6. The molecule has 132 valence electrons. The highest BCUT2D eigenvalue weighted by molar-refractivity contribution is 7.19. The number of carboxylic acids is 1. The molecule has 0 saturated heterocycles. The zero-order valence-corrected chi connectivity index (χ0v) is 15.0. The number of allylic oxidation sites excluding steroid dienone is 1. The second-order valence-corrected chi connectivity index (χ2v) is 6.95. The highest BCUT2D eigenvalue weighted by Gasteiger charge is 2.14. The minimum absolute atomic E-state index is 0.0751. The molecule has 0 unspecified atom stereocenters. The van der Waals surface area contributed by atoms with Crippen LogP contribution >= 0.6 is 22.9 Å². The summed E-state index contributed by atoms with van der Waals surface area (Å²) in [6.45, 7) is 0. The number of nitro benzene ring substituents is 1. The quantitative estimate of drug-likeness (QED) is 0.459. The van der Waals surface area contributed by atoms with Gasteiger partial charge in [-0.15, -0.1) is 11.3 Å². The van der Waals surface area contributed by atoms with Crippen LogP contribution in [0.1, 0.15) is 23.4 Å². The smallest absolute Gasteiger partial charge is 0.303 e. The van der Waals surface area contributed by atoms with Crippen LogP contribution in [-0.4, -0.2) is 21.0 Å². The number of nitro groups is 1. The minimum atomic E-state index is -0.929. The molecule has 0 atom stereocenters. The van der Waals surface area contributed by atoms with Gasteiger partial charge in [0, 0.05) is 29.1 Å². The third-order valence-electron chi connectivity index (χ3n) is 3.70. The van der Waals surface area contributed by atoms with E-state index in [2.05, 4.69) is 4.98 Å². The highest BCUT2D eigenvalue weighted by Crippen LogP contribution is 2.33. The second kappa shape index (κ2) is 7.63. The molecule has 0 saturated carbocycles. The molecule has 0 bridgehead atoms. The van der Waals surface area contributed by atoms with E-state index in [0.29, 0.717) is 21.2 Å². The van der Waals surface area contributed by atoms with E-state index < -0.39 is 10.9 Å². The summed E-state index contributed by atoms with van der Waals surface area (Å²) in [5.74, 6) is -0.929. The molecule has 26 heavy (non-hydrogen) atoms. The standard InChI is InChI=1S/C18H13ClN2O4S/c19-14-7-6-13(21(24)25)10-12(14)9-11(5-8-17(22)23)18-20-15-3-1-2-4-16(15)26-18/h1-4,6-7,9-10H,5,8H2,(H,22,23). The van der Waals surface area contributed by atoms with E-state index in [1.54, 1.807) is 6.08 Å². The van der Waals surface area contributed by atoms with Crippen LogP contribution in [0.15, 0.2) is 42.5 Å². The zero-order valence-electron chi connectivity index (χ0n) is 13.4. The topological polar surface area (TPSA) is 93.3 Å². The summed E-state index contributed by atoms with van der Waals surface area (Å²) in [7, 11) is 0. The van der Waals surface area contributed by atoms with E-state index in [0.717, 1.165) is 10.2 Å². The molecule has 0 radical (unpaired) electrons. The second-order valence-electron chi connectivity index (χ2n) is 5.51. The summed E-state index contributed by atoms with van der Waals surface area (Å²) < 4.78 is 0.980. The van der Waals surface area contributed by atoms with Gasteiger partial charge < -0.3 is 5.11 Å². The SMILES string of the molecule is O=C(O)CCC(=Cc1cc([N+](=O)[O-])ccc1Cl)c1nc2ccccc2s1. The number of fused-ring (bicyclic) bond motifs is 1. The number of nitrogens with zero attached hydrogens (tertiary/aromatic N) is 2. The Bertz CT molecular complexity index is 996. The van der Waals surface area contributed by atoms with Crippen molar-refractivity contribution in [1.29, 1.82) is 0 Å². The van der Waals surface area contributed by atoms with Crippen LogP contribution in [0, 0.1) is 10.1 Å². The largest absolute Gasteiger partial charge is 0.481 e. The number of halogens is 1. The molecule has 3 rings (SSSR count). The van der Waals surface area contributed by atoms with Crippen molar-refractivity contribution in [1.82, 2.24) is 4.98 Å². The van der Waals surface area contributed by atoms with Crippen LogP contribution in [0.5, 0.6) is 0 Å².